The summed E-state index contributed by atoms with van der Waals surface area (Å²) in [5, 5.41) is 18.0. The summed E-state index contributed by atoms with van der Waals surface area (Å²) in [6.07, 6.45) is -3.77. The number of aliphatic hydroxyl groups is 1. The molecule has 4 aliphatic heterocycles. The zero-order valence-corrected chi connectivity index (χ0v) is 31.4. The number of carbonyl (C=O) groups is 3. The number of carbonyl (C=O) groups excluding carboxylic acids is 3. The minimum Gasteiger partial charge on any atom is -0.457 e. The number of ether oxygens (including phenoxy) is 5. The average Bonchev–Trinajstić information content (AvgIpc) is 3.40. The Morgan fingerprint density at radius 3 is 2.32 bits per heavy atom. The van der Waals surface area contributed by atoms with Crippen LogP contribution in [0.15, 0.2) is 0 Å². The topological polar surface area (TPSA) is 148 Å². The number of cyclic esters (lactones) is 1. The van der Waals surface area contributed by atoms with Gasteiger partial charge in [-0.05, 0) is 73.0 Å². The Morgan fingerprint density at radius 1 is 1.10 bits per heavy atom. The van der Waals surface area contributed by atoms with E-state index < -0.39 is 89.6 Å². The smallest absolute Gasteiger partial charge is 0.408 e. The van der Waals surface area contributed by atoms with E-state index in [1.165, 1.54) is 14.0 Å². The Balaban J connectivity index is 1.68. The van der Waals surface area contributed by atoms with Gasteiger partial charge < -0.3 is 44.3 Å². The van der Waals surface area contributed by atoms with E-state index in [0.717, 1.165) is 0 Å². The van der Waals surface area contributed by atoms with Gasteiger partial charge in [0, 0.05) is 31.7 Å². The molecule has 5 unspecified atom stereocenters. The second kappa shape index (κ2) is 15.9. The van der Waals surface area contributed by atoms with Crippen molar-refractivity contribution in [3.8, 4) is 0 Å². The van der Waals surface area contributed by atoms with Crippen LogP contribution in [0.5, 0.6) is 0 Å². The Labute approximate surface area is 295 Å². The largest absolute Gasteiger partial charge is 0.457 e. The van der Waals surface area contributed by atoms with Crippen LogP contribution in [-0.2, 0) is 33.3 Å². The maximum absolute atomic E-state index is 14.2. The highest BCUT2D eigenvalue weighted by Gasteiger charge is 2.57. The van der Waals surface area contributed by atoms with Crippen LogP contribution in [0.4, 0.5) is 13.6 Å². The van der Waals surface area contributed by atoms with Gasteiger partial charge in [-0.2, -0.15) is 0 Å². The maximum Gasteiger partial charge on any atom is 0.408 e. The molecule has 13 atom stereocenters. The number of halogens is 2. The molecule has 0 aromatic heterocycles. The number of alkyl carbamates (subject to hydrolysis) is 1. The van der Waals surface area contributed by atoms with Crippen LogP contribution in [0.3, 0.4) is 0 Å². The number of fused-ring (bicyclic) bond motifs is 1. The summed E-state index contributed by atoms with van der Waals surface area (Å²) < 4.78 is 58.3. The molecule has 4 rings (SSSR count). The number of esters is 1. The number of alkyl halides is 2. The molecule has 15 heteroatoms. The van der Waals surface area contributed by atoms with Crippen molar-refractivity contribution in [3.05, 3.63) is 0 Å². The van der Waals surface area contributed by atoms with Crippen LogP contribution < -0.4 is 10.6 Å². The van der Waals surface area contributed by atoms with E-state index in [2.05, 4.69) is 10.6 Å². The molecule has 4 saturated heterocycles. The molecular formula is C35H60F2N4O9. The van der Waals surface area contributed by atoms with E-state index >= 15 is 0 Å². The molecule has 0 bridgehead atoms. The molecule has 13 nitrogen and oxygen atoms in total. The first-order chi connectivity index (χ1) is 23.3. The van der Waals surface area contributed by atoms with Crippen molar-refractivity contribution >= 4 is 17.8 Å². The third-order valence-electron chi connectivity index (χ3n) is 11.4. The van der Waals surface area contributed by atoms with Crippen molar-refractivity contribution in [1.82, 2.24) is 20.4 Å². The number of likely N-dealkylation sites (tertiary alicyclic amines) is 1. The predicted octanol–water partition coefficient (Wildman–Crippen LogP) is 2.57. The lowest BCUT2D eigenvalue weighted by atomic mass is 9.78. The molecule has 3 N–H and O–H groups in total. The highest BCUT2D eigenvalue weighted by molar-refractivity contribution is 6.00. The minimum atomic E-state index is -2.74. The Kier molecular flexibility index (Phi) is 13.0. The summed E-state index contributed by atoms with van der Waals surface area (Å²) in [6.45, 7) is 12.7. The van der Waals surface area contributed by atoms with E-state index in [9.17, 15) is 28.3 Å². The number of Topliss-reactive ketones (excluding diaryl/α,β-unsaturated/α-hetero) is 1. The van der Waals surface area contributed by atoms with Crippen LogP contribution in [0.25, 0.3) is 0 Å². The molecule has 0 aromatic rings. The van der Waals surface area contributed by atoms with E-state index in [-0.39, 0.29) is 31.6 Å². The fraction of sp³-hybridized carbons (Fsp3) is 0.914. The van der Waals surface area contributed by atoms with E-state index in [1.807, 2.05) is 53.6 Å². The molecule has 4 heterocycles. The van der Waals surface area contributed by atoms with Gasteiger partial charge in [-0.3, -0.25) is 14.5 Å². The molecule has 0 radical (unpaired) electrons. The molecule has 1 amide bonds. The summed E-state index contributed by atoms with van der Waals surface area (Å²) in [4.78, 5) is 44.1. The summed E-state index contributed by atoms with van der Waals surface area (Å²) in [7, 11) is 5.17. The lowest BCUT2D eigenvalue weighted by Crippen LogP contribution is -2.63. The van der Waals surface area contributed by atoms with E-state index in [1.54, 1.807) is 11.8 Å². The maximum atomic E-state index is 14.2. The second-order valence-electron chi connectivity index (χ2n) is 15.6. The summed E-state index contributed by atoms with van der Waals surface area (Å²) in [6, 6.07) is -1.22. The van der Waals surface area contributed by atoms with Gasteiger partial charge in [0.1, 0.15) is 18.1 Å². The number of hydrogen-bond acceptors (Lipinski definition) is 12. The Morgan fingerprint density at radius 2 is 1.76 bits per heavy atom. The summed E-state index contributed by atoms with van der Waals surface area (Å²) >= 11 is 0. The van der Waals surface area contributed by atoms with Gasteiger partial charge in [0.2, 0.25) is 0 Å². The molecule has 288 valence electrons. The number of likely N-dealkylation sites (N-methyl/N-ethyl adjacent to an activating group) is 1. The average molecular weight is 719 g/mol. The Hall–Kier alpha value is -2.01. The van der Waals surface area contributed by atoms with E-state index in [4.69, 9.17) is 23.7 Å². The van der Waals surface area contributed by atoms with Gasteiger partial charge in [0.15, 0.2) is 17.7 Å². The quantitative estimate of drug-likeness (QED) is 0.250. The van der Waals surface area contributed by atoms with Gasteiger partial charge in [-0.1, -0.05) is 27.7 Å². The number of methoxy groups -OCH3 is 1. The van der Waals surface area contributed by atoms with Gasteiger partial charge in [-0.25, -0.2) is 13.6 Å². The standard InChI is InChI=1S/C35H60F2N4O9/c1-11-25-35(12-2)28(39-32(45)50-35)22(6)38-15-19(3)14-33(7,46-10)29(20(4)26(42)21(5)30(44)48-25)49-31-27(43)24(40(8)9)13-23(47-31)16-41-17-34(36,37)18-41/h19-25,27-29,31,38,43H,11-18H2,1-10H3,(H,39,45)/t19-,20+,21?,22-,23?,24?,25-,27?,28-,29-,31?,33-,35-/m1/s1. The normalized spacial score (nSPS) is 43.6. The van der Waals surface area contributed by atoms with Crippen LogP contribution in [0, 0.1) is 17.8 Å². The number of hydrogen-bond donors (Lipinski definition) is 3. The molecule has 0 aromatic carbocycles. The molecule has 4 fully saturated rings. The fourth-order valence-corrected chi connectivity index (χ4v) is 8.49. The first-order valence-electron chi connectivity index (χ1n) is 18.1. The minimum absolute atomic E-state index is 0.0418. The number of rotatable bonds is 8. The number of ketones is 1. The number of nitrogens with one attached hydrogen (secondary N) is 2. The van der Waals surface area contributed by atoms with Crippen molar-refractivity contribution in [2.45, 2.75) is 140 Å². The third-order valence-corrected chi connectivity index (χ3v) is 11.4. The first kappa shape index (κ1) is 40.8. The summed E-state index contributed by atoms with van der Waals surface area (Å²) in [5.41, 5.74) is -2.27. The number of aliphatic hydroxyl groups excluding tert-OH is 1. The van der Waals surface area contributed by atoms with Crippen molar-refractivity contribution in [1.29, 1.82) is 0 Å². The second-order valence-corrected chi connectivity index (χ2v) is 15.6. The zero-order valence-electron chi connectivity index (χ0n) is 31.4. The lowest BCUT2D eigenvalue weighted by molar-refractivity contribution is -0.301. The first-order valence-corrected chi connectivity index (χ1v) is 18.1. The molecule has 0 aliphatic carbocycles. The van der Waals surface area contributed by atoms with Crippen molar-refractivity contribution < 1.29 is 52.0 Å². The highest BCUT2D eigenvalue weighted by atomic mass is 19.3. The predicted molar refractivity (Wildman–Crippen MR) is 180 cm³/mol. The highest BCUT2D eigenvalue weighted by Crippen LogP contribution is 2.39. The van der Waals surface area contributed by atoms with Crippen LogP contribution >= 0.6 is 0 Å². The van der Waals surface area contributed by atoms with Gasteiger partial charge in [0.25, 0.3) is 5.92 Å². The fourth-order valence-electron chi connectivity index (χ4n) is 8.49. The zero-order chi connectivity index (χ0) is 37.3. The van der Waals surface area contributed by atoms with Crippen molar-refractivity contribution in [2.24, 2.45) is 17.8 Å². The molecule has 0 spiro atoms. The van der Waals surface area contributed by atoms with Crippen molar-refractivity contribution in [2.75, 3.05) is 47.4 Å². The number of amides is 1. The van der Waals surface area contributed by atoms with Gasteiger partial charge >= 0.3 is 12.1 Å². The van der Waals surface area contributed by atoms with Crippen molar-refractivity contribution in [3.63, 3.8) is 0 Å². The number of nitrogens with zero attached hydrogens (tertiary/aromatic N) is 2. The Bertz CT molecular complexity index is 1210. The van der Waals surface area contributed by atoms with Crippen LogP contribution in [0.1, 0.15) is 74.1 Å². The van der Waals surface area contributed by atoms with E-state index in [0.29, 0.717) is 32.2 Å². The molecular weight excluding hydrogens is 658 g/mol. The monoisotopic (exact) mass is 718 g/mol. The van der Waals surface area contributed by atoms with Gasteiger partial charge in [-0.15, -0.1) is 0 Å². The molecule has 4 aliphatic rings. The summed E-state index contributed by atoms with van der Waals surface area (Å²) in [5.74, 6) is -6.13. The molecule has 50 heavy (non-hydrogen) atoms. The lowest BCUT2D eigenvalue weighted by Gasteiger charge is -2.48. The van der Waals surface area contributed by atoms with Crippen LogP contribution in [-0.4, -0.2) is 146 Å². The SMILES string of the molecule is CC[C@H]1OC(=O)C(C)C(=O)[C@H](C)[C@@H](OC2OC(CN3CC(F)(F)C3)CC(N(C)C)C2O)[C@](C)(OC)C[C@@H](C)CN[C@H](C)[C@H]2NC(=O)O[C@@]21CC. The van der Waals surface area contributed by atoms with Gasteiger partial charge in [0.05, 0.1) is 36.9 Å². The third kappa shape index (κ3) is 8.44. The van der Waals surface area contributed by atoms with Crippen LogP contribution in [0.2, 0.25) is 0 Å². The molecule has 0 saturated carbocycles.